The van der Waals surface area contributed by atoms with E-state index in [1.54, 1.807) is 0 Å². The zero-order valence-corrected chi connectivity index (χ0v) is 19.3. The topological polar surface area (TPSA) is 46.2 Å². The van der Waals surface area contributed by atoms with Crippen LogP contribution in [0.2, 0.25) is 0 Å². The second-order valence-electron chi connectivity index (χ2n) is 10.2. The number of rotatable bonds is 4. The highest BCUT2D eigenvalue weighted by atomic mass is 16.7. The summed E-state index contributed by atoms with van der Waals surface area (Å²) in [5.74, 6) is 0. The molecule has 1 N–H and O–H groups in total. The van der Waals surface area contributed by atoms with Gasteiger partial charge in [-0.25, -0.2) is 0 Å². The average Bonchev–Trinajstić information content (AvgIpc) is 2.63. The molecule has 0 amide bonds. The van der Waals surface area contributed by atoms with E-state index in [-0.39, 0.29) is 17.1 Å². The molecule has 0 aromatic carbocycles. The molecular weight excluding hydrogens is 354 g/mol. The Morgan fingerprint density at radius 1 is 1.00 bits per heavy atom. The Hall–Kier alpha value is -0.240. The van der Waals surface area contributed by atoms with Crippen molar-refractivity contribution >= 4 is 0 Å². The van der Waals surface area contributed by atoms with E-state index >= 15 is 0 Å². The van der Waals surface area contributed by atoms with E-state index < -0.39 is 0 Å². The summed E-state index contributed by atoms with van der Waals surface area (Å²) < 4.78 is 11.8. The van der Waals surface area contributed by atoms with Gasteiger partial charge in [0.2, 0.25) is 0 Å². The molecule has 2 unspecified atom stereocenters. The second kappa shape index (κ2) is 11.2. The van der Waals surface area contributed by atoms with Crippen LogP contribution in [0.1, 0.15) is 66.7 Å². The first-order valence-electron chi connectivity index (χ1n) is 11.2. The SMILES string of the molecule is C1CCN(CC2CONCO2)CC1.CN1CCCC(OC(C)(C)C(C)(C)C)C1. The van der Waals surface area contributed by atoms with Crippen molar-refractivity contribution in [3.8, 4) is 0 Å². The van der Waals surface area contributed by atoms with Gasteiger partial charge in [-0.05, 0) is 71.6 Å². The number of hydrogen-bond donors (Lipinski definition) is 1. The molecule has 0 radical (unpaired) electrons. The van der Waals surface area contributed by atoms with Crippen LogP contribution >= 0.6 is 0 Å². The van der Waals surface area contributed by atoms with E-state index in [9.17, 15) is 0 Å². The molecule has 28 heavy (non-hydrogen) atoms. The average molecular weight is 400 g/mol. The maximum absolute atomic E-state index is 6.27. The minimum absolute atomic E-state index is 0.0458. The van der Waals surface area contributed by atoms with Crippen LogP contribution in [0.5, 0.6) is 0 Å². The van der Waals surface area contributed by atoms with Crippen molar-refractivity contribution in [1.82, 2.24) is 15.3 Å². The van der Waals surface area contributed by atoms with Crippen molar-refractivity contribution in [1.29, 1.82) is 0 Å². The lowest BCUT2D eigenvalue weighted by molar-refractivity contribution is -0.154. The minimum Gasteiger partial charge on any atom is -0.370 e. The molecule has 6 heteroatoms. The van der Waals surface area contributed by atoms with Crippen LogP contribution in [0.25, 0.3) is 0 Å². The highest BCUT2D eigenvalue weighted by Gasteiger charge is 2.36. The zero-order valence-electron chi connectivity index (χ0n) is 19.3. The molecule has 6 nitrogen and oxygen atoms in total. The van der Waals surface area contributed by atoms with Gasteiger partial charge in [0.15, 0.2) is 0 Å². The first kappa shape index (κ1) is 24.0. The van der Waals surface area contributed by atoms with Crippen molar-refractivity contribution in [3.63, 3.8) is 0 Å². The molecule has 0 aromatic rings. The molecule has 3 rings (SSSR count). The number of ether oxygens (including phenoxy) is 2. The summed E-state index contributed by atoms with van der Waals surface area (Å²) in [5.41, 5.74) is 2.86. The van der Waals surface area contributed by atoms with Crippen LogP contribution < -0.4 is 5.48 Å². The summed E-state index contributed by atoms with van der Waals surface area (Å²) in [6, 6.07) is 0. The summed E-state index contributed by atoms with van der Waals surface area (Å²) in [4.78, 5) is 9.96. The smallest absolute Gasteiger partial charge is 0.119 e. The van der Waals surface area contributed by atoms with Crippen LogP contribution in [0, 0.1) is 5.41 Å². The molecule has 3 heterocycles. The molecule has 3 aliphatic heterocycles. The number of piperidine rings is 2. The third-order valence-electron chi connectivity index (χ3n) is 6.51. The van der Waals surface area contributed by atoms with Gasteiger partial charge in [0.05, 0.1) is 24.4 Å². The maximum Gasteiger partial charge on any atom is 0.119 e. The van der Waals surface area contributed by atoms with Crippen molar-refractivity contribution in [3.05, 3.63) is 0 Å². The van der Waals surface area contributed by atoms with Crippen LogP contribution in [0.4, 0.5) is 0 Å². The van der Waals surface area contributed by atoms with E-state index in [1.807, 2.05) is 0 Å². The minimum atomic E-state index is -0.0458. The summed E-state index contributed by atoms with van der Waals surface area (Å²) in [7, 11) is 2.18. The maximum atomic E-state index is 6.27. The van der Waals surface area contributed by atoms with Gasteiger partial charge in [-0.1, -0.05) is 27.2 Å². The van der Waals surface area contributed by atoms with E-state index in [4.69, 9.17) is 14.3 Å². The number of likely N-dealkylation sites (N-methyl/N-ethyl adjacent to an activating group) is 1. The van der Waals surface area contributed by atoms with Crippen molar-refractivity contribution in [2.75, 3.05) is 53.1 Å². The Labute approximate surface area is 173 Å². The third kappa shape index (κ3) is 8.25. The van der Waals surface area contributed by atoms with E-state index in [2.05, 4.69) is 56.9 Å². The quantitative estimate of drug-likeness (QED) is 0.783. The summed E-state index contributed by atoms with van der Waals surface area (Å²) in [6.07, 6.45) is 7.22. The van der Waals surface area contributed by atoms with Gasteiger partial charge in [0.1, 0.15) is 6.73 Å². The molecule has 3 aliphatic rings. The van der Waals surface area contributed by atoms with E-state index in [1.165, 1.54) is 51.7 Å². The molecule has 3 saturated heterocycles. The van der Waals surface area contributed by atoms with Gasteiger partial charge in [-0.3, -0.25) is 4.84 Å². The number of hydrogen-bond acceptors (Lipinski definition) is 6. The van der Waals surface area contributed by atoms with Gasteiger partial charge >= 0.3 is 0 Å². The fourth-order valence-corrected chi connectivity index (χ4v) is 3.74. The van der Waals surface area contributed by atoms with Gasteiger partial charge < -0.3 is 19.3 Å². The molecule has 0 aliphatic carbocycles. The number of nitrogens with one attached hydrogen (secondary N) is 1. The lowest BCUT2D eigenvalue weighted by Gasteiger charge is -2.43. The number of hydroxylamine groups is 1. The third-order valence-corrected chi connectivity index (χ3v) is 6.51. The molecule has 2 atom stereocenters. The summed E-state index contributed by atoms with van der Waals surface area (Å²) in [5, 5.41) is 0. The second-order valence-corrected chi connectivity index (χ2v) is 10.2. The molecule has 0 aromatic heterocycles. The number of likely N-dealkylation sites (tertiary alicyclic amines) is 2. The van der Waals surface area contributed by atoms with Gasteiger partial charge in [-0.15, -0.1) is 0 Å². The van der Waals surface area contributed by atoms with Crippen LogP contribution in [0.3, 0.4) is 0 Å². The Balaban J connectivity index is 0.000000202. The Morgan fingerprint density at radius 3 is 2.29 bits per heavy atom. The van der Waals surface area contributed by atoms with Crippen LogP contribution in [-0.4, -0.2) is 80.7 Å². The molecule has 166 valence electrons. The Bertz CT molecular complexity index is 411. The summed E-state index contributed by atoms with van der Waals surface area (Å²) in [6.45, 7) is 18.2. The number of nitrogens with zero attached hydrogens (tertiary/aromatic N) is 2. The normalized spacial score (nSPS) is 28.5. The molecule has 0 spiro atoms. The van der Waals surface area contributed by atoms with Crippen molar-refractivity contribution < 1.29 is 14.3 Å². The first-order valence-corrected chi connectivity index (χ1v) is 11.2. The molecular formula is C22H45N3O3. The highest BCUT2D eigenvalue weighted by Crippen LogP contribution is 2.35. The first-order chi connectivity index (χ1) is 13.2. The van der Waals surface area contributed by atoms with Gasteiger partial charge in [0.25, 0.3) is 0 Å². The fraction of sp³-hybridized carbons (Fsp3) is 1.00. The van der Waals surface area contributed by atoms with E-state index in [0.29, 0.717) is 19.4 Å². The molecule has 3 fully saturated rings. The van der Waals surface area contributed by atoms with Crippen LogP contribution in [-0.2, 0) is 14.3 Å². The van der Waals surface area contributed by atoms with Gasteiger partial charge in [0, 0.05) is 13.1 Å². The predicted octanol–water partition coefficient (Wildman–Crippen LogP) is 3.27. The fourth-order valence-electron chi connectivity index (χ4n) is 3.74. The predicted molar refractivity (Wildman–Crippen MR) is 114 cm³/mol. The van der Waals surface area contributed by atoms with Crippen molar-refractivity contribution in [2.24, 2.45) is 5.41 Å². The largest absolute Gasteiger partial charge is 0.370 e. The van der Waals surface area contributed by atoms with Gasteiger partial charge in [-0.2, -0.15) is 5.48 Å². The zero-order chi connectivity index (χ0) is 20.6. The standard InChI is InChI=1S/C13H27NO.C9H18N2O2/c1-12(2,3)13(4,5)15-11-8-7-9-14(6)10-11;1-2-4-11(5-3-1)6-9-7-13-10-8-12-9/h11H,7-10H2,1-6H3;9-10H,1-8H2. The Kier molecular flexibility index (Phi) is 9.64. The Morgan fingerprint density at radius 2 is 1.71 bits per heavy atom. The van der Waals surface area contributed by atoms with E-state index in [0.717, 1.165) is 13.1 Å². The highest BCUT2D eigenvalue weighted by molar-refractivity contribution is 4.86. The van der Waals surface area contributed by atoms with Crippen molar-refractivity contribution in [2.45, 2.75) is 84.5 Å². The summed E-state index contributed by atoms with van der Waals surface area (Å²) >= 11 is 0. The molecule has 0 saturated carbocycles. The van der Waals surface area contributed by atoms with Crippen LogP contribution in [0.15, 0.2) is 0 Å². The lowest BCUT2D eigenvalue weighted by Crippen LogP contribution is -2.47. The monoisotopic (exact) mass is 399 g/mol. The molecule has 0 bridgehead atoms. The lowest BCUT2D eigenvalue weighted by atomic mass is 9.79.